The summed E-state index contributed by atoms with van der Waals surface area (Å²) in [5.74, 6) is -2.57. The predicted octanol–water partition coefficient (Wildman–Crippen LogP) is 6.74. The highest BCUT2D eigenvalue weighted by Crippen LogP contribution is 2.44. The normalized spacial score (nSPS) is 19.7. The molecule has 2 aromatic heterocycles. The number of dihydropyridines is 1. The van der Waals surface area contributed by atoms with E-state index in [1.807, 2.05) is 39.5 Å². The fourth-order valence-electron chi connectivity index (χ4n) is 6.53. The summed E-state index contributed by atoms with van der Waals surface area (Å²) in [6.07, 6.45) is 4.80. The first kappa shape index (κ1) is 34.2. The average molecular weight is 703 g/mol. The number of nitrogen functional groups attached to an aromatic ring is 1. The van der Waals surface area contributed by atoms with Crippen LogP contribution < -0.4 is 21.5 Å². The Bertz CT molecular complexity index is 1980. The highest BCUT2D eigenvalue weighted by Gasteiger charge is 2.36. The van der Waals surface area contributed by atoms with Crippen molar-refractivity contribution < 1.29 is 13.6 Å². The van der Waals surface area contributed by atoms with Crippen LogP contribution in [0.4, 0.5) is 20.2 Å². The van der Waals surface area contributed by atoms with Crippen molar-refractivity contribution in [2.24, 2.45) is 5.92 Å². The fraction of sp³-hybridized carbons (Fsp3) is 0.333. The molecule has 3 atom stereocenters. The Kier molecular flexibility index (Phi) is 9.34. The van der Waals surface area contributed by atoms with E-state index in [0.29, 0.717) is 16.7 Å². The van der Waals surface area contributed by atoms with Gasteiger partial charge in [0, 0.05) is 30.6 Å². The number of amides is 1. The molecule has 1 fully saturated rings. The number of fused-ring (bicyclic) bond motifs is 1. The summed E-state index contributed by atoms with van der Waals surface area (Å²) in [5.41, 5.74) is 5.20. The molecule has 0 saturated carbocycles. The van der Waals surface area contributed by atoms with Crippen molar-refractivity contribution in [3.05, 3.63) is 79.2 Å². The Morgan fingerprint density at radius 2 is 1.81 bits per heavy atom. The topological polar surface area (TPSA) is 120 Å². The smallest absolute Gasteiger partial charge is 0.276 e. The van der Waals surface area contributed by atoms with Crippen molar-refractivity contribution in [3.8, 4) is 17.3 Å². The molecule has 9 nitrogen and oxygen atoms in total. The zero-order valence-electron chi connectivity index (χ0n) is 26.3. The number of nitrogens with two attached hydrogens (primary N) is 1. The van der Waals surface area contributed by atoms with E-state index >= 15 is 8.78 Å². The van der Waals surface area contributed by atoms with E-state index in [0.717, 1.165) is 0 Å². The van der Waals surface area contributed by atoms with Crippen LogP contribution in [-0.4, -0.2) is 51.6 Å². The maximum Gasteiger partial charge on any atom is 0.276 e. The predicted molar refractivity (Wildman–Crippen MR) is 183 cm³/mol. The molecular weight excluding hydrogens is 671 g/mol. The molecule has 0 bridgehead atoms. The minimum Gasteiger partial charge on any atom is -0.396 e. The Labute approximate surface area is 285 Å². The number of carbonyl (C=O) groups excluding carboxylic acids is 1. The lowest BCUT2D eigenvalue weighted by Gasteiger charge is -2.45. The lowest BCUT2D eigenvalue weighted by Crippen LogP contribution is -2.58. The molecule has 47 heavy (non-hydrogen) atoms. The van der Waals surface area contributed by atoms with Gasteiger partial charge < -0.3 is 20.9 Å². The third-order valence-electron chi connectivity index (χ3n) is 8.61. The zero-order valence-corrected chi connectivity index (χ0v) is 28.5. The molecular formula is C33H32Cl3F2N7O2. The van der Waals surface area contributed by atoms with Crippen LogP contribution in [0.2, 0.25) is 15.1 Å². The summed E-state index contributed by atoms with van der Waals surface area (Å²) < 4.78 is 32.1. The lowest BCUT2D eigenvalue weighted by atomic mass is 9.94. The van der Waals surface area contributed by atoms with Gasteiger partial charge in [-0.2, -0.15) is 5.26 Å². The van der Waals surface area contributed by atoms with E-state index in [9.17, 15) is 14.9 Å². The number of anilines is 2. The van der Waals surface area contributed by atoms with Crippen molar-refractivity contribution in [1.82, 2.24) is 19.8 Å². The van der Waals surface area contributed by atoms with Gasteiger partial charge in [-0.15, -0.1) is 0 Å². The monoisotopic (exact) mass is 701 g/mol. The van der Waals surface area contributed by atoms with E-state index in [2.05, 4.69) is 18.0 Å². The summed E-state index contributed by atoms with van der Waals surface area (Å²) in [5, 5.41) is 12.6. The number of hydrogen-bond acceptors (Lipinski definition) is 7. The maximum absolute atomic E-state index is 15.7. The third-order valence-corrected chi connectivity index (χ3v) is 9.70. The summed E-state index contributed by atoms with van der Waals surface area (Å²) in [6.45, 7) is 13.6. The highest BCUT2D eigenvalue weighted by molar-refractivity contribution is 6.43. The number of rotatable bonds is 5. The Morgan fingerprint density at radius 3 is 2.38 bits per heavy atom. The molecule has 1 aromatic carbocycles. The summed E-state index contributed by atoms with van der Waals surface area (Å²) in [7, 11) is 0. The SMILES string of the molecule is C=CC(=O)N1[C@H](C)CN(c2c(C#N)c(=O)n(C3=C(C)C=CNC3C(C)C)c3nc(-c4c(N)c(F)c(Cl)c(Cl)c4F)c(Cl)cc23)C[C@@H]1C. The molecule has 1 amide bonds. The van der Waals surface area contributed by atoms with Crippen LogP contribution in [0, 0.1) is 28.9 Å². The molecule has 2 aliphatic rings. The Hall–Kier alpha value is -4.11. The number of halogens is 5. The molecule has 3 N–H and O–H groups in total. The molecule has 0 aliphatic carbocycles. The number of nitrogens with zero attached hydrogens (tertiary/aromatic N) is 5. The van der Waals surface area contributed by atoms with Crippen molar-refractivity contribution >= 4 is 68.8 Å². The van der Waals surface area contributed by atoms with Crippen molar-refractivity contribution in [3.63, 3.8) is 0 Å². The zero-order chi connectivity index (χ0) is 34.6. The molecule has 2 aliphatic heterocycles. The molecule has 1 saturated heterocycles. The van der Waals surface area contributed by atoms with Crippen molar-refractivity contribution in [2.45, 2.75) is 52.7 Å². The molecule has 0 radical (unpaired) electrons. The second-order valence-electron chi connectivity index (χ2n) is 12.1. The fourth-order valence-corrected chi connectivity index (χ4v) is 7.14. The second kappa shape index (κ2) is 12.8. The van der Waals surface area contributed by atoms with Gasteiger partial charge in [0.25, 0.3) is 5.56 Å². The summed E-state index contributed by atoms with van der Waals surface area (Å²) in [6, 6.07) is 2.51. The van der Waals surface area contributed by atoms with Gasteiger partial charge in [0.1, 0.15) is 22.3 Å². The number of pyridine rings is 2. The van der Waals surface area contributed by atoms with Gasteiger partial charge in [-0.25, -0.2) is 13.8 Å². The van der Waals surface area contributed by atoms with E-state index in [4.69, 9.17) is 45.5 Å². The summed E-state index contributed by atoms with van der Waals surface area (Å²) >= 11 is 18.7. The lowest BCUT2D eigenvalue weighted by molar-refractivity contribution is -0.130. The number of piperazine rings is 1. The van der Waals surface area contributed by atoms with Gasteiger partial charge in [0.05, 0.1) is 44.4 Å². The van der Waals surface area contributed by atoms with Crippen molar-refractivity contribution in [2.75, 3.05) is 23.7 Å². The van der Waals surface area contributed by atoms with E-state index in [1.165, 1.54) is 16.7 Å². The van der Waals surface area contributed by atoms with Gasteiger partial charge in [-0.1, -0.05) is 55.2 Å². The van der Waals surface area contributed by atoms with Gasteiger partial charge in [-0.05, 0) is 56.7 Å². The number of allylic oxidation sites excluding steroid dienone is 2. The highest BCUT2D eigenvalue weighted by atomic mass is 35.5. The van der Waals surface area contributed by atoms with Gasteiger partial charge >= 0.3 is 0 Å². The number of nitriles is 1. The van der Waals surface area contributed by atoms with Crippen LogP contribution in [0.25, 0.3) is 28.0 Å². The molecule has 3 aromatic rings. The van der Waals surface area contributed by atoms with Crippen LogP contribution in [-0.2, 0) is 4.79 Å². The van der Waals surface area contributed by atoms with Crippen LogP contribution in [0.15, 0.2) is 41.4 Å². The van der Waals surface area contributed by atoms with E-state index in [1.54, 1.807) is 17.2 Å². The molecule has 1 unspecified atom stereocenters. The van der Waals surface area contributed by atoms with Gasteiger partial charge in [-0.3, -0.25) is 14.2 Å². The average Bonchev–Trinajstić information content (AvgIpc) is 3.02. The molecule has 246 valence electrons. The van der Waals surface area contributed by atoms with Crippen LogP contribution >= 0.6 is 34.8 Å². The second-order valence-corrected chi connectivity index (χ2v) is 13.2. The number of hydrogen-bond donors (Lipinski definition) is 2. The number of carbonyl (C=O) groups is 1. The summed E-state index contributed by atoms with van der Waals surface area (Å²) in [4.78, 5) is 35.5. The molecule has 0 spiro atoms. The first-order chi connectivity index (χ1) is 22.2. The first-order valence-electron chi connectivity index (χ1n) is 14.8. The number of benzene rings is 1. The standard InChI is InChI=1S/C33H32Cl3F2N7O2/c1-7-21(46)44-16(5)12-43(13-17(44)6)31-18-10-20(34)29(22-25(37)23(35)24(36)26(38)27(22)40)42-32(18)45(33(47)19(31)11-39)30-15(4)8-9-41-28(30)14(2)3/h7-10,14,16-17,28,41H,1,12-13,40H2,2-6H3/t16-,17+,28?. The van der Waals surface area contributed by atoms with Gasteiger partial charge in [0.15, 0.2) is 11.6 Å². The molecule has 14 heteroatoms. The minimum atomic E-state index is -1.15. The van der Waals surface area contributed by atoms with Crippen LogP contribution in [0.1, 0.15) is 40.2 Å². The Balaban J connectivity index is 1.92. The maximum atomic E-state index is 15.7. The van der Waals surface area contributed by atoms with E-state index < -0.39 is 44.5 Å². The largest absolute Gasteiger partial charge is 0.396 e. The molecule has 5 rings (SSSR count). The van der Waals surface area contributed by atoms with Crippen LogP contribution in [0.5, 0.6) is 0 Å². The molecule has 4 heterocycles. The number of nitrogens with one attached hydrogen (secondary N) is 1. The first-order valence-corrected chi connectivity index (χ1v) is 15.9. The third kappa shape index (κ3) is 5.52. The van der Waals surface area contributed by atoms with E-state index in [-0.39, 0.29) is 64.6 Å². The minimum absolute atomic E-state index is 0.0238. The quantitative estimate of drug-likeness (QED) is 0.131. The van der Waals surface area contributed by atoms with Crippen LogP contribution in [0.3, 0.4) is 0 Å². The Morgan fingerprint density at radius 1 is 1.19 bits per heavy atom. The van der Waals surface area contributed by atoms with Gasteiger partial charge in [0.2, 0.25) is 5.91 Å². The number of aromatic nitrogens is 2. The van der Waals surface area contributed by atoms with Crippen molar-refractivity contribution in [1.29, 1.82) is 5.26 Å².